The molecule has 0 aliphatic carbocycles. The summed E-state index contributed by atoms with van der Waals surface area (Å²) in [4.78, 5) is 12.9. The predicted octanol–water partition coefficient (Wildman–Crippen LogP) is 4.88. The Labute approximate surface area is 201 Å². The van der Waals surface area contributed by atoms with Crippen molar-refractivity contribution in [1.29, 1.82) is 0 Å². The van der Waals surface area contributed by atoms with Gasteiger partial charge in [0, 0.05) is 17.1 Å². The second-order valence-corrected chi connectivity index (χ2v) is 11.1. The van der Waals surface area contributed by atoms with Crippen molar-refractivity contribution in [3.8, 4) is 0 Å². The van der Waals surface area contributed by atoms with Crippen LogP contribution >= 0.6 is 0 Å². The van der Waals surface area contributed by atoms with Gasteiger partial charge in [-0.2, -0.15) is 0 Å². The maximum absolute atomic E-state index is 13.2. The topological polar surface area (TPSA) is 75.3 Å². The van der Waals surface area contributed by atoms with E-state index in [4.69, 9.17) is 0 Å². The lowest BCUT2D eigenvalue weighted by Gasteiger charge is -2.21. The number of sulfonamides is 1. The van der Waals surface area contributed by atoms with E-state index in [-0.39, 0.29) is 22.7 Å². The van der Waals surface area contributed by atoms with Crippen LogP contribution in [0.3, 0.4) is 0 Å². The number of carbonyl (C=O) groups excluding carboxylic acids is 1. The molecule has 1 amide bonds. The molecule has 180 valence electrons. The zero-order chi connectivity index (χ0) is 24.8. The molecule has 0 aliphatic heterocycles. The fourth-order valence-electron chi connectivity index (χ4n) is 3.63. The molecular weight excluding hydrogens is 451 g/mol. The van der Waals surface area contributed by atoms with Crippen molar-refractivity contribution < 1.29 is 17.6 Å². The van der Waals surface area contributed by atoms with Gasteiger partial charge in [-0.05, 0) is 87.6 Å². The second kappa shape index (κ2) is 10.9. The molecule has 1 atom stereocenters. The van der Waals surface area contributed by atoms with Crippen LogP contribution in [0.2, 0.25) is 0 Å². The minimum Gasteiger partial charge on any atom is -0.349 e. The van der Waals surface area contributed by atoms with E-state index in [1.165, 1.54) is 24.3 Å². The van der Waals surface area contributed by atoms with E-state index in [1.807, 2.05) is 30.3 Å². The molecule has 34 heavy (non-hydrogen) atoms. The van der Waals surface area contributed by atoms with Gasteiger partial charge in [-0.25, -0.2) is 17.5 Å². The molecule has 2 N–H and O–H groups in total. The van der Waals surface area contributed by atoms with E-state index in [0.29, 0.717) is 24.8 Å². The van der Waals surface area contributed by atoms with Crippen molar-refractivity contribution >= 4 is 15.9 Å². The lowest BCUT2D eigenvalue weighted by atomic mass is 9.98. The number of nitrogens with one attached hydrogen (secondary N) is 2. The Morgan fingerprint density at radius 3 is 2.09 bits per heavy atom. The minimum absolute atomic E-state index is 0.147. The third-order valence-corrected chi connectivity index (χ3v) is 7.00. The molecule has 3 aromatic carbocycles. The van der Waals surface area contributed by atoms with Crippen molar-refractivity contribution in [1.82, 2.24) is 10.0 Å². The molecule has 0 bridgehead atoms. The van der Waals surface area contributed by atoms with Crippen LogP contribution in [0.1, 0.15) is 48.7 Å². The standard InChI is InChI=1S/C27H31FN2O3S/c1-27(2,3)30-34(32,33)25-17-10-20(11-18-25)9-16-24(19-21-7-5-4-6-8-21)29-26(31)22-12-14-23(28)15-13-22/h4-8,10-15,17-18,24,30H,9,16,19H2,1-3H3,(H,29,31)/t24-/m1/s1. The van der Waals surface area contributed by atoms with Gasteiger partial charge < -0.3 is 5.32 Å². The molecule has 0 saturated carbocycles. The summed E-state index contributed by atoms with van der Waals surface area (Å²) in [5.41, 5.74) is 1.91. The van der Waals surface area contributed by atoms with Gasteiger partial charge in [0.25, 0.3) is 5.91 Å². The molecule has 0 heterocycles. The highest BCUT2D eigenvalue weighted by atomic mass is 32.2. The Hall–Kier alpha value is -3.03. The van der Waals surface area contributed by atoms with Gasteiger partial charge in [-0.15, -0.1) is 0 Å². The van der Waals surface area contributed by atoms with E-state index < -0.39 is 15.6 Å². The number of halogens is 1. The van der Waals surface area contributed by atoms with Crippen LogP contribution in [-0.2, 0) is 22.9 Å². The molecule has 7 heteroatoms. The molecular formula is C27H31FN2O3S. The van der Waals surface area contributed by atoms with Gasteiger partial charge >= 0.3 is 0 Å². The molecule has 0 spiro atoms. The van der Waals surface area contributed by atoms with E-state index in [1.54, 1.807) is 45.0 Å². The molecule has 3 aromatic rings. The molecule has 5 nitrogen and oxygen atoms in total. The van der Waals surface area contributed by atoms with E-state index in [2.05, 4.69) is 10.0 Å². The first-order valence-electron chi connectivity index (χ1n) is 11.3. The predicted molar refractivity (Wildman–Crippen MR) is 133 cm³/mol. The van der Waals surface area contributed by atoms with Gasteiger partial charge in [0.15, 0.2) is 0 Å². The summed E-state index contributed by atoms with van der Waals surface area (Å²) in [6.45, 7) is 5.39. The maximum Gasteiger partial charge on any atom is 0.251 e. The maximum atomic E-state index is 13.2. The summed E-state index contributed by atoms with van der Waals surface area (Å²) >= 11 is 0. The lowest BCUT2D eigenvalue weighted by Crippen LogP contribution is -2.40. The van der Waals surface area contributed by atoms with E-state index in [0.717, 1.165) is 11.1 Å². The first-order chi connectivity index (χ1) is 16.0. The van der Waals surface area contributed by atoms with Crippen molar-refractivity contribution in [2.24, 2.45) is 0 Å². The molecule has 0 unspecified atom stereocenters. The Bertz CT molecular complexity index is 1190. The van der Waals surface area contributed by atoms with E-state index in [9.17, 15) is 17.6 Å². The Balaban J connectivity index is 1.69. The Kier molecular flexibility index (Phi) is 8.23. The first kappa shape index (κ1) is 25.6. The number of hydrogen-bond acceptors (Lipinski definition) is 3. The molecule has 0 saturated heterocycles. The molecule has 0 aromatic heterocycles. The number of amides is 1. The fourth-order valence-corrected chi connectivity index (χ4v) is 5.05. The third kappa shape index (κ3) is 7.78. The number of aryl methyl sites for hydroxylation is 1. The molecule has 0 aliphatic rings. The summed E-state index contributed by atoms with van der Waals surface area (Å²) in [5.74, 6) is -0.642. The van der Waals surface area contributed by atoms with Gasteiger partial charge in [-0.3, -0.25) is 4.79 Å². The summed E-state index contributed by atoms with van der Waals surface area (Å²) in [6.07, 6.45) is 1.97. The minimum atomic E-state index is -3.59. The zero-order valence-electron chi connectivity index (χ0n) is 19.7. The number of hydrogen-bond donors (Lipinski definition) is 2. The fraction of sp³-hybridized carbons (Fsp3) is 0.296. The van der Waals surface area contributed by atoms with Gasteiger partial charge in [0.1, 0.15) is 5.82 Å². The van der Waals surface area contributed by atoms with Crippen LogP contribution in [0.15, 0.2) is 83.8 Å². The highest BCUT2D eigenvalue weighted by Crippen LogP contribution is 2.16. The highest BCUT2D eigenvalue weighted by Gasteiger charge is 2.22. The third-order valence-electron chi connectivity index (χ3n) is 5.22. The Morgan fingerprint density at radius 2 is 1.50 bits per heavy atom. The summed E-state index contributed by atoms with van der Waals surface area (Å²) < 4.78 is 40.9. The van der Waals surface area contributed by atoms with Crippen LogP contribution in [0.5, 0.6) is 0 Å². The normalized spacial score (nSPS) is 12.8. The monoisotopic (exact) mass is 482 g/mol. The molecule has 0 fully saturated rings. The summed E-state index contributed by atoms with van der Waals surface area (Å²) in [6, 6.07) is 22.0. The van der Waals surface area contributed by atoms with Crippen LogP contribution in [0, 0.1) is 5.82 Å². The summed E-state index contributed by atoms with van der Waals surface area (Å²) in [7, 11) is -3.59. The van der Waals surface area contributed by atoms with E-state index >= 15 is 0 Å². The average Bonchev–Trinajstić information content (AvgIpc) is 2.77. The van der Waals surface area contributed by atoms with Gasteiger partial charge in [-0.1, -0.05) is 42.5 Å². The number of benzene rings is 3. The van der Waals surface area contributed by atoms with Crippen molar-refractivity contribution in [2.45, 2.75) is 56.5 Å². The van der Waals surface area contributed by atoms with Crippen LogP contribution < -0.4 is 10.0 Å². The quantitative estimate of drug-likeness (QED) is 0.457. The SMILES string of the molecule is CC(C)(C)NS(=O)(=O)c1ccc(CC[C@H](Cc2ccccc2)NC(=O)c2ccc(F)cc2)cc1. The average molecular weight is 483 g/mol. The van der Waals surface area contributed by atoms with Crippen LogP contribution in [-0.4, -0.2) is 25.9 Å². The van der Waals surface area contributed by atoms with Crippen molar-refractivity contribution in [2.75, 3.05) is 0 Å². The number of rotatable bonds is 9. The van der Waals surface area contributed by atoms with Crippen LogP contribution in [0.4, 0.5) is 4.39 Å². The lowest BCUT2D eigenvalue weighted by molar-refractivity contribution is 0.0935. The number of carbonyl (C=O) groups is 1. The first-order valence-corrected chi connectivity index (χ1v) is 12.7. The largest absolute Gasteiger partial charge is 0.349 e. The second-order valence-electron chi connectivity index (χ2n) is 9.41. The summed E-state index contributed by atoms with van der Waals surface area (Å²) in [5, 5.41) is 3.07. The Morgan fingerprint density at radius 1 is 0.882 bits per heavy atom. The zero-order valence-corrected chi connectivity index (χ0v) is 20.5. The smallest absolute Gasteiger partial charge is 0.251 e. The highest BCUT2D eigenvalue weighted by molar-refractivity contribution is 7.89. The van der Waals surface area contributed by atoms with Gasteiger partial charge in [0.2, 0.25) is 10.0 Å². The molecule has 0 radical (unpaired) electrons. The molecule has 3 rings (SSSR count). The van der Waals surface area contributed by atoms with Crippen LogP contribution in [0.25, 0.3) is 0 Å². The van der Waals surface area contributed by atoms with Crippen molar-refractivity contribution in [3.63, 3.8) is 0 Å². The van der Waals surface area contributed by atoms with Crippen molar-refractivity contribution in [3.05, 3.63) is 101 Å². The van der Waals surface area contributed by atoms with Gasteiger partial charge in [0.05, 0.1) is 4.90 Å².